The Morgan fingerprint density at radius 2 is 2.33 bits per heavy atom. The van der Waals surface area contributed by atoms with Gasteiger partial charge in [0.15, 0.2) is 0 Å². The molecule has 3 nitrogen and oxygen atoms in total. The molecule has 0 aliphatic heterocycles. The normalized spacial score (nSPS) is 8.53. The van der Waals surface area contributed by atoms with E-state index in [2.05, 4.69) is 21.9 Å². The molecular formula is C11H13N3S. The standard InChI is InChI=1S/C8H10N2.C3H3NS/c1-2-6-9-8-5-3-4-7-10-8;1-2-5-3-4-1/h2-5,7H,1,6H2,(H,9,10);1-3H. The maximum absolute atomic E-state index is 4.06. The summed E-state index contributed by atoms with van der Waals surface area (Å²) in [6.07, 6.45) is 5.32. The molecule has 2 aromatic heterocycles. The summed E-state index contributed by atoms with van der Waals surface area (Å²) >= 11 is 1.60. The van der Waals surface area contributed by atoms with Crippen molar-refractivity contribution in [2.75, 3.05) is 11.9 Å². The molecule has 2 heterocycles. The van der Waals surface area contributed by atoms with Gasteiger partial charge in [0.2, 0.25) is 0 Å². The molecule has 0 aliphatic rings. The lowest BCUT2D eigenvalue weighted by molar-refractivity contribution is 1.23. The maximum Gasteiger partial charge on any atom is 0.126 e. The molecule has 0 unspecified atom stereocenters. The van der Waals surface area contributed by atoms with Gasteiger partial charge in [0.05, 0.1) is 5.51 Å². The molecule has 1 N–H and O–H groups in total. The Bertz CT molecular complexity index is 328. The van der Waals surface area contributed by atoms with E-state index in [0.29, 0.717) is 0 Å². The molecule has 0 fully saturated rings. The van der Waals surface area contributed by atoms with Gasteiger partial charge < -0.3 is 5.32 Å². The first-order valence-corrected chi connectivity index (χ1v) is 5.45. The summed E-state index contributed by atoms with van der Waals surface area (Å²) in [6, 6.07) is 5.75. The van der Waals surface area contributed by atoms with Gasteiger partial charge in [-0.05, 0) is 12.1 Å². The molecule has 0 saturated carbocycles. The molecular weight excluding hydrogens is 206 g/mol. The van der Waals surface area contributed by atoms with Crippen LogP contribution < -0.4 is 5.32 Å². The minimum atomic E-state index is 0.761. The molecule has 2 aromatic rings. The highest BCUT2D eigenvalue weighted by Gasteiger charge is 1.84. The predicted molar refractivity (Wildman–Crippen MR) is 65.0 cm³/mol. The summed E-state index contributed by atoms with van der Waals surface area (Å²) in [4.78, 5) is 7.80. The van der Waals surface area contributed by atoms with Gasteiger partial charge in [0.1, 0.15) is 5.82 Å². The minimum absolute atomic E-state index is 0.761. The molecule has 0 atom stereocenters. The highest BCUT2D eigenvalue weighted by atomic mass is 32.1. The number of thiazole rings is 1. The molecule has 4 heteroatoms. The average molecular weight is 219 g/mol. The van der Waals surface area contributed by atoms with Crippen LogP contribution in [-0.4, -0.2) is 16.5 Å². The van der Waals surface area contributed by atoms with Gasteiger partial charge in [0.25, 0.3) is 0 Å². The van der Waals surface area contributed by atoms with E-state index in [1.807, 2.05) is 23.6 Å². The van der Waals surface area contributed by atoms with Crippen molar-refractivity contribution >= 4 is 17.2 Å². The first-order valence-electron chi connectivity index (χ1n) is 4.51. The van der Waals surface area contributed by atoms with E-state index in [1.165, 1.54) is 0 Å². The molecule has 15 heavy (non-hydrogen) atoms. The van der Waals surface area contributed by atoms with Gasteiger partial charge in [-0.3, -0.25) is 4.98 Å². The van der Waals surface area contributed by atoms with Crippen LogP contribution in [0.1, 0.15) is 0 Å². The molecule has 0 saturated heterocycles. The third-order valence-corrected chi connectivity index (χ3v) is 1.96. The fourth-order valence-electron chi connectivity index (χ4n) is 0.820. The van der Waals surface area contributed by atoms with Crippen molar-refractivity contribution in [3.05, 3.63) is 54.1 Å². The number of nitrogens with zero attached hydrogens (tertiary/aromatic N) is 2. The monoisotopic (exact) mass is 219 g/mol. The fourth-order valence-corrected chi connectivity index (χ4v) is 1.17. The van der Waals surface area contributed by atoms with E-state index < -0.39 is 0 Å². The van der Waals surface area contributed by atoms with Crippen molar-refractivity contribution in [2.45, 2.75) is 0 Å². The van der Waals surface area contributed by atoms with Gasteiger partial charge in [-0.2, -0.15) is 0 Å². The van der Waals surface area contributed by atoms with Gasteiger partial charge in [-0.25, -0.2) is 4.98 Å². The summed E-state index contributed by atoms with van der Waals surface area (Å²) in [5.41, 5.74) is 1.79. The van der Waals surface area contributed by atoms with E-state index in [9.17, 15) is 0 Å². The summed E-state index contributed by atoms with van der Waals surface area (Å²) in [6.45, 7) is 4.35. The SMILES string of the molecule is C=CCNc1ccccn1.c1cscn1. The smallest absolute Gasteiger partial charge is 0.126 e. The molecule has 0 bridgehead atoms. The van der Waals surface area contributed by atoms with Crippen LogP contribution >= 0.6 is 11.3 Å². The summed E-state index contributed by atoms with van der Waals surface area (Å²) in [7, 11) is 0. The predicted octanol–water partition coefficient (Wildman–Crippen LogP) is 2.82. The maximum atomic E-state index is 4.06. The number of anilines is 1. The molecule has 0 aliphatic carbocycles. The Kier molecular flexibility index (Phi) is 5.85. The van der Waals surface area contributed by atoms with Crippen molar-refractivity contribution in [1.29, 1.82) is 0 Å². The molecule has 78 valence electrons. The average Bonchev–Trinajstić information content (AvgIpc) is 2.86. The first kappa shape index (κ1) is 11.4. The van der Waals surface area contributed by atoms with E-state index in [-0.39, 0.29) is 0 Å². The third-order valence-electron chi connectivity index (χ3n) is 1.44. The lowest BCUT2D eigenvalue weighted by Gasteiger charge is -1.98. The Balaban J connectivity index is 0.000000187. The Morgan fingerprint density at radius 1 is 1.40 bits per heavy atom. The number of nitrogens with one attached hydrogen (secondary N) is 1. The Hall–Kier alpha value is -1.68. The van der Waals surface area contributed by atoms with Crippen molar-refractivity contribution in [2.24, 2.45) is 0 Å². The van der Waals surface area contributed by atoms with Crippen LogP contribution in [0.4, 0.5) is 5.82 Å². The number of hydrogen-bond acceptors (Lipinski definition) is 4. The summed E-state index contributed by atoms with van der Waals surface area (Å²) in [5, 5.41) is 5.00. The van der Waals surface area contributed by atoms with E-state index in [0.717, 1.165) is 12.4 Å². The zero-order valence-corrected chi connectivity index (χ0v) is 9.15. The highest BCUT2D eigenvalue weighted by Crippen LogP contribution is 1.97. The lowest BCUT2D eigenvalue weighted by Crippen LogP contribution is -1.98. The van der Waals surface area contributed by atoms with Crippen LogP contribution in [0.2, 0.25) is 0 Å². The Labute approximate surface area is 93.5 Å². The van der Waals surface area contributed by atoms with Crippen LogP contribution in [0.25, 0.3) is 0 Å². The van der Waals surface area contributed by atoms with E-state index >= 15 is 0 Å². The van der Waals surface area contributed by atoms with Gasteiger partial charge in [0, 0.05) is 24.3 Å². The number of rotatable bonds is 3. The third kappa shape index (κ3) is 5.59. The van der Waals surface area contributed by atoms with Crippen LogP contribution in [0.15, 0.2) is 54.1 Å². The second-order valence-corrected chi connectivity index (χ2v) is 3.32. The zero-order valence-electron chi connectivity index (χ0n) is 8.34. The molecule has 2 rings (SSSR count). The quantitative estimate of drug-likeness (QED) is 0.807. The van der Waals surface area contributed by atoms with Crippen molar-refractivity contribution in [3.63, 3.8) is 0 Å². The fraction of sp³-hybridized carbons (Fsp3) is 0.0909. The van der Waals surface area contributed by atoms with Crippen molar-refractivity contribution < 1.29 is 0 Å². The van der Waals surface area contributed by atoms with Gasteiger partial charge >= 0.3 is 0 Å². The van der Waals surface area contributed by atoms with Crippen molar-refractivity contribution in [3.8, 4) is 0 Å². The second kappa shape index (κ2) is 7.70. The van der Waals surface area contributed by atoms with Crippen LogP contribution in [0.3, 0.4) is 0 Å². The largest absolute Gasteiger partial charge is 0.367 e. The van der Waals surface area contributed by atoms with E-state index in [4.69, 9.17) is 0 Å². The number of hydrogen-bond donors (Lipinski definition) is 1. The molecule has 0 amide bonds. The second-order valence-electron chi connectivity index (χ2n) is 2.56. The molecule has 0 radical (unpaired) electrons. The topological polar surface area (TPSA) is 37.8 Å². The number of pyridine rings is 1. The molecule has 0 spiro atoms. The molecule has 0 aromatic carbocycles. The van der Waals surface area contributed by atoms with Gasteiger partial charge in [-0.15, -0.1) is 17.9 Å². The summed E-state index contributed by atoms with van der Waals surface area (Å²) in [5.74, 6) is 0.891. The zero-order chi connectivity index (χ0) is 10.8. The van der Waals surface area contributed by atoms with Crippen LogP contribution in [-0.2, 0) is 0 Å². The highest BCUT2D eigenvalue weighted by molar-refractivity contribution is 7.07. The first-order chi connectivity index (χ1) is 7.43. The van der Waals surface area contributed by atoms with E-state index in [1.54, 1.807) is 35.3 Å². The Morgan fingerprint density at radius 3 is 2.80 bits per heavy atom. The number of aromatic nitrogens is 2. The lowest BCUT2D eigenvalue weighted by atomic mass is 10.4. The van der Waals surface area contributed by atoms with Crippen LogP contribution in [0, 0.1) is 0 Å². The minimum Gasteiger partial charge on any atom is -0.367 e. The van der Waals surface area contributed by atoms with Gasteiger partial charge in [-0.1, -0.05) is 12.1 Å². The van der Waals surface area contributed by atoms with Crippen molar-refractivity contribution in [1.82, 2.24) is 9.97 Å². The van der Waals surface area contributed by atoms with Crippen LogP contribution in [0.5, 0.6) is 0 Å². The summed E-state index contributed by atoms with van der Waals surface area (Å²) < 4.78 is 0.